The van der Waals surface area contributed by atoms with E-state index in [9.17, 15) is 9.18 Å². The SMILES string of the molecule is O=C(Nc1ccc(Oc2ccnc3cc(-c4ccccn4)sc23)c(F)c1)NC1CC1. The fourth-order valence-electron chi connectivity index (χ4n) is 2.99. The molecule has 0 saturated heterocycles. The molecule has 3 aromatic heterocycles. The second-order valence-corrected chi connectivity index (χ2v) is 8.02. The summed E-state index contributed by atoms with van der Waals surface area (Å²) in [5.74, 6) is 0.0207. The van der Waals surface area contributed by atoms with Crippen molar-refractivity contribution in [3.05, 3.63) is 66.7 Å². The molecule has 2 N–H and O–H groups in total. The number of ether oxygens (including phenoxy) is 1. The number of aromatic nitrogens is 2. The van der Waals surface area contributed by atoms with Gasteiger partial charge < -0.3 is 15.4 Å². The van der Waals surface area contributed by atoms with Crippen molar-refractivity contribution >= 4 is 33.3 Å². The third kappa shape index (κ3) is 3.95. The van der Waals surface area contributed by atoms with E-state index in [4.69, 9.17) is 4.74 Å². The predicted molar refractivity (Wildman–Crippen MR) is 115 cm³/mol. The van der Waals surface area contributed by atoms with Crippen LogP contribution < -0.4 is 15.4 Å². The number of rotatable bonds is 5. The summed E-state index contributed by atoms with van der Waals surface area (Å²) in [4.78, 5) is 21.5. The number of amides is 2. The summed E-state index contributed by atoms with van der Waals surface area (Å²) < 4.78 is 21.3. The van der Waals surface area contributed by atoms with Gasteiger partial charge in [0.1, 0.15) is 5.75 Å². The van der Waals surface area contributed by atoms with E-state index in [0.717, 1.165) is 33.6 Å². The molecule has 0 aliphatic heterocycles. The molecule has 3 heterocycles. The summed E-state index contributed by atoms with van der Waals surface area (Å²) >= 11 is 1.49. The van der Waals surface area contributed by atoms with Crippen LogP contribution in [0.5, 0.6) is 11.5 Å². The molecule has 6 nitrogen and oxygen atoms in total. The average molecular weight is 420 g/mol. The Morgan fingerprint density at radius 3 is 2.73 bits per heavy atom. The highest BCUT2D eigenvalue weighted by molar-refractivity contribution is 7.22. The highest BCUT2D eigenvalue weighted by Gasteiger charge is 2.23. The summed E-state index contributed by atoms with van der Waals surface area (Å²) in [6.07, 6.45) is 5.34. The predicted octanol–water partition coefficient (Wildman–Crippen LogP) is 5.57. The maximum absolute atomic E-state index is 14.6. The van der Waals surface area contributed by atoms with E-state index in [0.29, 0.717) is 11.4 Å². The van der Waals surface area contributed by atoms with Crippen LogP contribution in [0.3, 0.4) is 0 Å². The van der Waals surface area contributed by atoms with Crippen molar-refractivity contribution in [3.8, 4) is 22.1 Å². The summed E-state index contributed by atoms with van der Waals surface area (Å²) in [5, 5.41) is 5.43. The lowest BCUT2D eigenvalue weighted by Crippen LogP contribution is -2.30. The fraction of sp³-hybridized carbons (Fsp3) is 0.136. The van der Waals surface area contributed by atoms with Crippen molar-refractivity contribution in [1.29, 1.82) is 0 Å². The Morgan fingerprint density at radius 1 is 1.07 bits per heavy atom. The van der Waals surface area contributed by atoms with E-state index < -0.39 is 5.82 Å². The minimum atomic E-state index is -0.564. The Labute approximate surface area is 175 Å². The zero-order valence-corrected chi connectivity index (χ0v) is 16.6. The smallest absolute Gasteiger partial charge is 0.319 e. The lowest BCUT2D eigenvalue weighted by molar-refractivity contribution is 0.251. The van der Waals surface area contributed by atoms with Crippen LogP contribution in [0.4, 0.5) is 14.9 Å². The number of halogens is 1. The van der Waals surface area contributed by atoms with Gasteiger partial charge in [0.15, 0.2) is 11.6 Å². The third-order valence-electron chi connectivity index (χ3n) is 4.62. The number of nitrogens with one attached hydrogen (secondary N) is 2. The molecule has 1 aliphatic carbocycles. The van der Waals surface area contributed by atoms with E-state index in [1.807, 2.05) is 24.3 Å². The molecule has 4 aromatic rings. The van der Waals surface area contributed by atoms with Crippen molar-refractivity contribution in [1.82, 2.24) is 15.3 Å². The molecule has 30 heavy (non-hydrogen) atoms. The molecule has 8 heteroatoms. The first-order chi connectivity index (χ1) is 14.7. The summed E-state index contributed by atoms with van der Waals surface area (Å²) in [7, 11) is 0. The van der Waals surface area contributed by atoms with Crippen molar-refractivity contribution in [2.75, 3.05) is 5.32 Å². The molecule has 5 rings (SSSR count). The number of nitrogens with zero attached hydrogens (tertiary/aromatic N) is 2. The van der Waals surface area contributed by atoms with Gasteiger partial charge >= 0.3 is 6.03 Å². The van der Waals surface area contributed by atoms with Crippen LogP contribution in [0, 0.1) is 5.82 Å². The number of hydrogen-bond donors (Lipinski definition) is 2. The Morgan fingerprint density at radius 2 is 1.97 bits per heavy atom. The molecule has 1 saturated carbocycles. The molecular formula is C22H17FN4O2S. The molecule has 0 unspecified atom stereocenters. The summed E-state index contributed by atoms with van der Waals surface area (Å²) in [5.41, 5.74) is 1.97. The molecule has 0 atom stereocenters. The normalized spacial score (nSPS) is 13.2. The van der Waals surface area contributed by atoms with Crippen LogP contribution >= 0.6 is 11.3 Å². The van der Waals surface area contributed by atoms with Gasteiger partial charge in [-0.25, -0.2) is 9.18 Å². The molecule has 150 valence electrons. The number of carbonyl (C=O) groups excluding carboxylic acids is 1. The summed E-state index contributed by atoms with van der Waals surface area (Å²) in [6.45, 7) is 0. The Bertz CT molecular complexity index is 1220. The summed E-state index contributed by atoms with van der Waals surface area (Å²) in [6, 6.07) is 13.6. The standard InChI is InChI=1S/C22H17FN4O2S/c23-15-11-14(27-22(28)26-13-4-5-13)6-7-18(15)29-19-8-10-25-17-12-20(30-21(17)19)16-3-1-2-9-24-16/h1-3,6-13H,4-5H2,(H2,26,27,28). The number of fused-ring (bicyclic) bond motifs is 1. The number of pyridine rings is 2. The lowest BCUT2D eigenvalue weighted by Gasteiger charge is -2.10. The van der Waals surface area contributed by atoms with Gasteiger partial charge in [-0.1, -0.05) is 6.07 Å². The van der Waals surface area contributed by atoms with Crippen LogP contribution in [0.25, 0.3) is 20.8 Å². The number of benzene rings is 1. The maximum Gasteiger partial charge on any atom is 0.319 e. The van der Waals surface area contributed by atoms with Crippen LogP contribution in [0.15, 0.2) is 60.9 Å². The molecule has 0 radical (unpaired) electrons. The van der Waals surface area contributed by atoms with E-state index in [1.54, 1.807) is 24.5 Å². The number of carbonyl (C=O) groups is 1. The Kier molecular flexibility index (Phi) is 4.76. The largest absolute Gasteiger partial charge is 0.453 e. The molecule has 0 bridgehead atoms. The number of anilines is 1. The maximum atomic E-state index is 14.6. The van der Waals surface area contributed by atoms with E-state index in [2.05, 4.69) is 20.6 Å². The second kappa shape index (κ2) is 7.72. The Hall–Kier alpha value is -3.52. The van der Waals surface area contributed by atoms with Crippen molar-refractivity contribution in [3.63, 3.8) is 0 Å². The third-order valence-corrected chi connectivity index (χ3v) is 5.78. The quantitative estimate of drug-likeness (QED) is 0.442. The minimum Gasteiger partial charge on any atom is -0.453 e. The minimum absolute atomic E-state index is 0.0726. The van der Waals surface area contributed by atoms with Crippen molar-refractivity contribution in [2.45, 2.75) is 18.9 Å². The molecule has 1 aromatic carbocycles. The van der Waals surface area contributed by atoms with Crippen LogP contribution in [-0.4, -0.2) is 22.0 Å². The van der Waals surface area contributed by atoms with Gasteiger partial charge in [-0.15, -0.1) is 11.3 Å². The molecule has 1 aliphatic rings. The van der Waals surface area contributed by atoms with E-state index >= 15 is 0 Å². The fourth-order valence-corrected chi connectivity index (χ4v) is 4.03. The Balaban J connectivity index is 1.38. The van der Waals surface area contributed by atoms with Gasteiger partial charge in [-0.3, -0.25) is 9.97 Å². The topological polar surface area (TPSA) is 76.1 Å². The van der Waals surface area contributed by atoms with Gasteiger partial charge in [0.25, 0.3) is 0 Å². The van der Waals surface area contributed by atoms with Crippen molar-refractivity contribution in [2.24, 2.45) is 0 Å². The average Bonchev–Trinajstić information content (AvgIpc) is 3.44. The first kappa shape index (κ1) is 18.5. The van der Waals surface area contributed by atoms with E-state index in [1.165, 1.54) is 23.5 Å². The van der Waals surface area contributed by atoms with Gasteiger partial charge in [0.05, 0.1) is 20.8 Å². The molecular weight excluding hydrogens is 403 g/mol. The zero-order chi connectivity index (χ0) is 20.5. The number of thiophene rings is 1. The highest BCUT2D eigenvalue weighted by Crippen LogP contribution is 2.39. The van der Waals surface area contributed by atoms with Crippen LogP contribution in [-0.2, 0) is 0 Å². The molecule has 1 fully saturated rings. The second-order valence-electron chi connectivity index (χ2n) is 6.97. The molecule has 0 spiro atoms. The number of urea groups is 1. The lowest BCUT2D eigenvalue weighted by atomic mass is 10.2. The van der Waals surface area contributed by atoms with Gasteiger partial charge in [-0.05, 0) is 43.2 Å². The van der Waals surface area contributed by atoms with Gasteiger partial charge in [0.2, 0.25) is 0 Å². The van der Waals surface area contributed by atoms with Crippen molar-refractivity contribution < 1.29 is 13.9 Å². The number of hydrogen-bond acceptors (Lipinski definition) is 5. The van der Waals surface area contributed by atoms with Crippen LogP contribution in [0.1, 0.15) is 12.8 Å². The first-order valence-corrected chi connectivity index (χ1v) is 10.3. The van der Waals surface area contributed by atoms with Crippen LogP contribution in [0.2, 0.25) is 0 Å². The van der Waals surface area contributed by atoms with E-state index in [-0.39, 0.29) is 17.8 Å². The first-order valence-electron chi connectivity index (χ1n) is 9.50. The zero-order valence-electron chi connectivity index (χ0n) is 15.8. The monoisotopic (exact) mass is 420 g/mol. The molecule has 2 amide bonds. The van der Waals surface area contributed by atoms with Gasteiger partial charge in [-0.2, -0.15) is 0 Å². The highest BCUT2D eigenvalue weighted by atomic mass is 32.1. The van der Waals surface area contributed by atoms with Gasteiger partial charge in [0, 0.05) is 36.3 Å².